The highest BCUT2D eigenvalue weighted by Gasteiger charge is 2.44. The molecule has 78 heavy (non-hydrogen) atoms. The molecule has 2 aliphatic heterocycles. The average molecular weight is 1100 g/mol. The van der Waals surface area contributed by atoms with Gasteiger partial charge in [0.1, 0.15) is 54.2 Å². The van der Waals surface area contributed by atoms with Crippen molar-refractivity contribution < 1.29 is 65.2 Å². The molecule has 0 saturated carbocycles. The van der Waals surface area contributed by atoms with Gasteiger partial charge in [0.2, 0.25) is 0 Å². The number of halogens is 4. The molecule has 3 N–H and O–H groups in total. The van der Waals surface area contributed by atoms with Crippen LogP contribution in [-0.2, 0) is 41.3 Å². The molecule has 4 amide bonds. The maximum atomic E-state index is 14.4. The molecule has 8 atom stereocenters. The number of aryl methyl sites for hydroxylation is 1. The van der Waals surface area contributed by atoms with Gasteiger partial charge in [-0.2, -0.15) is 0 Å². The van der Waals surface area contributed by atoms with E-state index in [1.54, 1.807) is 53.7 Å². The predicted octanol–water partition coefficient (Wildman–Crippen LogP) is 11.0. The van der Waals surface area contributed by atoms with Gasteiger partial charge in [-0.25, -0.2) is 27.2 Å². The summed E-state index contributed by atoms with van der Waals surface area (Å²) >= 11 is 0. The third-order valence-electron chi connectivity index (χ3n) is 13.4. The Morgan fingerprint density at radius 3 is 1.50 bits per heavy atom. The van der Waals surface area contributed by atoms with E-state index in [-0.39, 0.29) is 56.0 Å². The van der Waals surface area contributed by atoms with Crippen LogP contribution in [0.15, 0.2) is 54.6 Å². The largest absolute Gasteiger partial charge is 0.444 e. The molecule has 2 fully saturated rings. The third kappa shape index (κ3) is 20.1. The van der Waals surface area contributed by atoms with Crippen LogP contribution in [0.25, 0.3) is 0 Å². The Morgan fingerprint density at radius 2 is 1.06 bits per heavy atom. The number of carbonyl (C=O) groups is 4. The smallest absolute Gasteiger partial charge is 0.410 e. The zero-order chi connectivity index (χ0) is 58.1. The zero-order valence-corrected chi connectivity index (χ0v) is 48.2. The van der Waals surface area contributed by atoms with Crippen LogP contribution in [0, 0.1) is 30.2 Å². The fourth-order valence-electron chi connectivity index (χ4n) is 10.3. The molecule has 0 aromatic heterocycles. The first-order valence-corrected chi connectivity index (χ1v) is 27.3. The van der Waals surface area contributed by atoms with Crippen LogP contribution in [0.5, 0.6) is 0 Å². The van der Waals surface area contributed by atoms with Gasteiger partial charge in [0.15, 0.2) is 0 Å². The molecular weight excluding hydrogens is 1010 g/mol. The van der Waals surface area contributed by atoms with Crippen LogP contribution in [0.3, 0.4) is 0 Å². The highest BCUT2D eigenvalue weighted by atomic mass is 19.1. The van der Waals surface area contributed by atoms with Gasteiger partial charge in [0.05, 0.1) is 24.2 Å². The SMILES string of the molecule is CCCN(CCC)C(=O)c1cc(C)cc(C(=O)N[C@@H](Cc2cc(F)cc(F)c2)[C@H](OCOC)[C@H]2CCC[C@H](C)N2C(=O)OC(C)(C)C)c1.COCO[C@H]([C@H]1CCC[C@H](C)N1C(=O)OC(C)(C)C)[C@@H](N)Cc1cc(F)cc(F)c1. The van der Waals surface area contributed by atoms with Gasteiger partial charge in [-0.05, 0) is 186 Å². The standard InChI is InChI=1S/C37H53F2N3O6.C22H34F2N2O4/c1-9-14-41(15-10-2)35(44)28-17-24(3)16-27(21-28)34(43)40-31(20-26-18-29(38)22-30(39)19-26)33(47-23-46-8)32-13-11-12-25(4)42(32)36(45)48-37(5,6)7;1-14-7-6-8-19(26(14)21(27)30-22(2,3)4)20(29-13-28-5)18(25)11-15-9-16(23)12-17(24)10-15/h16-19,21-22,25,31-33H,9-15,20,23H2,1-8H3,(H,40,43);9-10,12,14,18-20H,6-8,11,13,25H2,1-5H3/t25-,31-,32+,33-;14-,18-,19+,20-/m00/s1. The molecule has 2 aliphatic rings. The van der Waals surface area contributed by atoms with Crippen molar-refractivity contribution in [2.75, 3.05) is 40.9 Å². The van der Waals surface area contributed by atoms with Crippen molar-refractivity contribution in [2.24, 2.45) is 5.73 Å². The number of methoxy groups -OCH3 is 2. The minimum atomic E-state index is -0.870. The van der Waals surface area contributed by atoms with E-state index in [9.17, 15) is 36.7 Å². The van der Waals surface area contributed by atoms with E-state index in [2.05, 4.69) is 5.32 Å². The van der Waals surface area contributed by atoms with Crippen LogP contribution in [0.1, 0.15) is 158 Å². The molecule has 0 bridgehead atoms. The van der Waals surface area contributed by atoms with Gasteiger partial charge >= 0.3 is 12.2 Å². The molecular formula is C59H87F4N5O10. The number of rotatable bonds is 21. The highest BCUT2D eigenvalue weighted by Crippen LogP contribution is 2.33. The number of nitrogens with two attached hydrogens (primary N) is 1. The summed E-state index contributed by atoms with van der Waals surface area (Å²) in [5, 5.41) is 3.05. The van der Waals surface area contributed by atoms with Gasteiger partial charge in [-0.15, -0.1) is 0 Å². The number of nitrogens with one attached hydrogen (secondary N) is 1. The van der Waals surface area contributed by atoms with E-state index in [4.69, 9.17) is 34.2 Å². The van der Waals surface area contributed by atoms with Gasteiger partial charge in [-0.3, -0.25) is 19.4 Å². The molecule has 0 spiro atoms. The first-order valence-electron chi connectivity index (χ1n) is 27.3. The Bertz CT molecular complexity index is 2370. The van der Waals surface area contributed by atoms with E-state index in [1.165, 1.54) is 38.5 Å². The van der Waals surface area contributed by atoms with Gasteiger partial charge in [0.25, 0.3) is 11.8 Å². The number of hydrogen-bond acceptors (Lipinski definition) is 11. The summed E-state index contributed by atoms with van der Waals surface area (Å²) in [6.45, 7) is 21.6. The molecule has 19 heteroatoms. The van der Waals surface area contributed by atoms with Crippen LogP contribution in [0.4, 0.5) is 27.2 Å². The molecule has 2 heterocycles. The monoisotopic (exact) mass is 1100 g/mol. The van der Waals surface area contributed by atoms with E-state index in [0.717, 1.165) is 56.2 Å². The van der Waals surface area contributed by atoms with Crippen LogP contribution < -0.4 is 11.1 Å². The maximum Gasteiger partial charge on any atom is 0.410 e. The highest BCUT2D eigenvalue weighted by molar-refractivity contribution is 6.00. The van der Waals surface area contributed by atoms with Crippen molar-refractivity contribution in [3.63, 3.8) is 0 Å². The summed E-state index contributed by atoms with van der Waals surface area (Å²) in [5.41, 5.74) is 7.18. The quantitative estimate of drug-likeness (QED) is 0.0768. The van der Waals surface area contributed by atoms with E-state index >= 15 is 0 Å². The van der Waals surface area contributed by atoms with E-state index in [0.29, 0.717) is 42.6 Å². The second-order valence-corrected chi connectivity index (χ2v) is 22.6. The molecule has 15 nitrogen and oxygen atoms in total. The van der Waals surface area contributed by atoms with Gasteiger partial charge < -0.3 is 44.4 Å². The summed E-state index contributed by atoms with van der Waals surface area (Å²) in [5.74, 6) is -3.48. The third-order valence-corrected chi connectivity index (χ3v) is 13.4. The number of hydrogen-bond donors (Lipinski definition) is 2. The van der Waals surface area contributed by atoms with Crippen molar-refractivity contribution in [1.82, 2.24) is 20.0 Å². The van der Waals surface area contributed by atoms with Crippen molar-refractivity contribution >= 4 is 24.0 Å². The molecule has 436 valence electrons. The van der Waals surface area contributed by atoms with Crippen molar-refractivity contribution in [1.29, 1.82) is 0 Å². The Kier molecular flexibility index (Phi) is 25.3. The molecule has 0 radical (unpaired) electrons. The normalized spacial score (nSPS) is 19.4. The topological polar surface area (TPSA) is 171 Å². The first kappa shape index (κ1) is 65.2. The van der Waals surface area contributed by atoms with Crippen LogP contribution in [0.2, 0.25) is 0 Å². The minimum absolute atomic E-state index is 0.0110. The van der Waals surface area contributed by atoms with Gasteiger partial charge in [-0.1, -0.05) is 13.8 Å². The lowest BCUT2D eigenvalue weighted by molar-refractivity contribution is -0.121. The number of amides is 4. The number of benzene rings is 3. The van der Waals surface area contributed by atoms with Crippen LogP contribution >= 0.6 is 0 Å². The minimum Gasteiger partial charge on any atom is -0.444 e. The number of piperidine rings is 2. The number of ether oxygens (including phenoxy) is 6. The second kappa shape index (κ2) is 30.3. The van der Waals surface area contributed by atoms with Crippen LogP contribution in [-0.4, -0.2) is 139 Å². The lowest BCUT2D eigenvalue weighted by atomic mass is 9.87. The Morgan fingerprint density at radius 1 is 0.641 bits per heavy atom. The fraction of sp³-hybridized carbons (Fsp3) is 0.627. The molecule has 2 saturated heterocycles. The Hall–Kier alpha value is -5.34. The number of carbonyl (C=O) groups excluding carboxylic acids is 4. The summed E-state index contributed by atoms with van der Waals surface area (Å²) in [6.07, 6.45) is 3.89. The molecule has 0 unspecified atom stereocenters. The molecule has 5 rings (SSSR count). The summed E-state index contributed by atoms with van der Waals surface area (Å²) < 4.78 is 89.9. The zero-order valence-electron chi connectivity index (χ0n) is 48.2. The second-order valence-electron chi connectivity index (χ2n) is 22.6. The van der Waals surface area contributed by atoms with E-state index in [1.807, 2.05) is 55.4 Å². The maximum absolute atomic E-state index is 14.4. The summed E-state index contributed by atoms with van der Waals surface area (Å²) in [7, 11) is 2.97. The van der Waals surface area contributed by atoms with Crippen molar-refractivity contribution in [3.8, 4) is 0 Å². The van der Waals surface area contributed by atoms with E-state index < -0.39 is 82.9 Å². The molecule has 3 aromatic rings. The summed E-state index contributed by atoms with van der Waals surface area (Å²) in [6, 6.07) is 8.94. The Balaban J connectivity index is 0.000000375. The lowest BCUT2D eigenvalue weighted by Crippen LogP contribution is -2.61. The van der Waals surface area contributed by atoms with Gasteiger partial charge in [0, 0.05) is 68.7 Å². The van der Waals surface area contributed by atoms with Crippen molar-refractivity contribution in [2.45, 2.75) is 200 Å². The first-order chi connectivity index (χ1) is 36.7. The molecule has 0 aliphatic carbocycles. The lowest BCUT2D eigenvalue weighted by Gasteiger charge is -2.46. The Labute approximate surface area is 460 Å². The fourth-order valence-corrected chi connectivity index (χ4v) is 10.3. The molecule has 3 aromatic carbocycles. The number of nitrogens with zero attached hydrogens (tertiary/aromatic N) is 3. The van der Waals surface area contributed by atoms with Crippen molar-refractivity contribution in [3.05, 3.63) is 106 Å². The average Bonchev–Trinajstić information content (AvgIpc) is 3.32. The predicted molar refractivity (Wildman–Crippen MR) is 291 cm³/mol. The number of likely N-dealkylation sites (tertiary alicyclic amines) is 2. The summed E-state index contributed by atoms with van der Waals surface area (Å²) in [4.78, 5) is 59.3.